The molecule has 116 valence electrons. The molecule has 1 aromatic heterocycles. The number of nitrogens with zero attached hydrogens (tertiary/aromatic N) is 1. The van der Waals surface area contributed by atoms with Crippen molar-refractivity contribution in [3.63, 3.8) is 0 Å². The zero-order valence-corrected chi connectivity index (χ0v) is 14.1. The summed E-state index contributed by atoms with van der Waals surface area (Å²) in [5, 5.41) is 13.0. The molecule has 0 spiro atoms. The number of hydrogen-bond acceptors (Lipinski definition) is 3. The third-order valence-corrected chi connectivity index (χ3v) is 4.55. The van der Waals surface area contributed by atoms with E-state index < -0.39 is 5.97 Å². The van der Waals surface area contributed by atoms with E-state index in [2.05, 4.69) is 4.98 Å². The first-order valence-electron chi connectivity index (χ1n) is 6.74. The van der Waals surface area contributed by atoms with Gasteiger partial charge in [0.25, 0.3) is 0 Å². The Balaban J connectivity index is 1.80. The van der Waals surface area contributed by atoms with E-state index in [0.717, 1.165) is 21.8 Å². The van der Waals surface area contributed by atoms with Crippen molar-refractivity contribution in [2.45, 2.75) is 6.42 Å². The molecule has 0 amide bonds. The van der Waals surface area contributed by atoms with Gasteiger partial charge in [-0.05, 0) is 35.9 Å². The molecule has 0 saturated carbocycles. The average molecular weight is 364 g/mol. The van der Waals surface area contributed by atoms with Gasteiger partial charge in [0.2, 0.25) is 0 Å². The first kappa shape index (κ1) is 16.0. The third kappa shape index (κ3) is 3.91. The Kier molecular flexibility index (Phi) is 4.66. The van der Waals surface area contributed by atoms with Crippen LogP contribution in [-0.4, -0.2) is 16.1 Å². The molecule has 23 heavy (non-hydrogen) atoms. The molecule has 0 aliphatic heterocycles. The molecule has 0 radical (unpaired) electrons. The Labute approximate surface area is 147 Å². The van der Waals surface area contributed by atoms with Crippen molar-refractivity contribution in [1.29, 1.82) is 0 Å². The van der Waals surface area contributed by atoms with Gasteiger partial charge in [0.1, 0.15) is 0 Å². The van der Waals surface area contributed by atoms with E-state index in [4.69, 9.17) is 28.3 Å². The third-order valence-electron chi connectivity index (χ3n) is 3.27. The van der Waals surface area contributed by atoms with Crippen LogP contribution in [0.3, 0.4) is 0 Å². The lowest BCUT2D eigenvalue weighted by Crippen LogP contribution is -1.96. The normalized spacial score (nSPS) is 10.7. The molecule has 2 aromatic carbocycles. The smallest absolute Gasteiger partial charge is 0.335 e. The molecular formula is C17H11Cl2NO2S. The number of carbonyl (C=O) groups is 1. The summed E-state index contributed by atoms with van der Waals surface area (Å²) in [6, 6.07) is 12.2. The topological polar surface area (TPSA) is 50.2 Å². The Hall–Kier alpha value is -1.88. The SMILES string of the molecule is O=C(O)c1ccc(Cc2nc(-c3cc(Cl)cc(Cl)c3)cs2)cc1. The van der Waals surface area contributed by atoms with Crippen LogP contribution < -0.4 is 0 Å². The number of carboxylic acid groups (broad SMARTS) is 1. The van der Waals surface area contributed by atoms with Gasteiger partial charge in [-0.25, -0.2) is 9.78 Å². The van der Waals surface area contributed by atoms with Gasteiger partial charge >= 0.3 is 5.97 Å². The fourth-order valence-corrected chi connectivity index (χ4v) is 3.53. The quantitative estimate of drug-likeness (QED) is 0.674. The van der Waals surface area contributed by atoms with Crippen LogP contribution in [-0.2, 0) is 6.42 Å². The van der Waals surface area contributed by atoms with E-state index >= 15 is 0 Å². The van der Waals surface area contributed by atoms with Crippen LogP contribution in [0.2, 0.25) is 10.0 Å². The van der Waals surface area contributed by atoms with E-state index in [1.54, 1.807) is 41.7 Å². The Bertz CT molecular complexity index is 839. The van der Waals surface area contributed by atoms with Crippen LogP contribution in [0.1, 0.15) is 20.9 Å². The van der Waals surface area contributed by atoms with E-state index in [1.807, 2.05) is 17.5 Å². The Morgan fingerprint density at radius 1 is 1.09 bits per heavy atom. The van der Waals surface area contributed by atoms with Gasteiger partial charge in [0, 0.05) is 27.4 Å². The van der Waals surface area contributed by atoms with Crippen LogP contribution in [0, 0.1) is 0 Å². The fourth-order valence-electron chi connectivity index (χ4n) is 2.17. The summed E-state index contributed by atoms with van der Waals surface area (Å²) in [7, 11) is 0. The van der Waals surface area contributed by atoms with Crippen molar-refractivity contribution in [2.24, 2.45) is 0 Å². The van der Waals surface area contributed by atoms with Crippen molar-refractivity contribution in [3.05, 3.63) is 74.0 Å². The number of benzene rings is 2. The molecular weight excluding hydrogens is 353 g/mol. The maximum Gasteiger partial charge on any atom is 0.335 e. The summed E-state index contributed by atoms with van der Waals surface area (Å²) in [5.41, 5.74) is 3.00. The average Bonchev–Trinajstić information content (AvgIpc) is 2.95. The first-order valence-corrected chi connectivity index (χ1v) is 8.38. The summed E-state index contributed by atoms with van der Waals surface area (Å²) in [6.07, 6.45) is 0.652. The summed E-state index contributed by atoms with van der Waals surface area (Å²) in [4.78, 5) is 15.5. The van der Waals surface area contributed by atoms with Crippen LogP contribution >= 0.6 is 34.5 Å². The number of rotatable bonds is 4. The minimum atomic E-state index is -0.925. The molecule has 0 bridgehead atoms. The van der Waals surface area contributed by atoms with Gasteiger partial charge in [-0.1, -0.05) is 35.3 Å². The van der Waals surface area contributed by atoms with E-state index in [-0.39, 0.29) is 5.56 Å². The monoisotopic (exact) mass is 363 g/mol. The molecule has 3 rings (SSSR count). The summed E-state index contributed by atoms with van der Waals surface area (Å²) >= 11 is 13.6. The molecule has 0 unspecified atom stereocenters. The summed E-state index contributed by atoms with van der Waals surface area (Å²) in [6.45, 7) is 0. The van der Waals surface area contributed by atoms with Crippen molar-refractivity contribution in [1.82, 2.24) is 4.98 Å². The lowest BCUT2D eigenvalue weighted by atomic mass is 10.1. The molecule has 1 N–H and O–H groups in total. The molecule has 3 aromatic rings. The summed E-state index contributed by atoms with van der Waals surface area (Å²) < 4.78 is 0. The van der Waals surface area contributed by atoms with Crippen molar-refractivity contribution in [3.8, 4) is 11.3 Å². The highest BCUT2D eigenvalue weighted by Crippen LogP contribution is 2.28. The van der Waals surface area contributed by atoms with Gasteiger partial charge in [-0.2, -0.15) is 0 Å². The standard InChI is InChI=1S/C17H11Cl2NO2S/c18-13-6-12(7-14(19)8-13)15-9-23-16(20-15)5-10-1-3-11(4-2-10)17(21)22/h1-4,6-9H,5H2,(H,21,22). The number of halogens is 2. The van der Waals surface area contributed by atoms with Crippen LogP contribution in [0.4, 0.5) is 0 Å². The van der Waals surface area contributed by atoms with Crippen LogP contribution in [0.5, 0.6) is 0 Å². The molecule has 0 atom stereocenters. The maximum atomic E-state index is 10.9. The second-order valence-corrected chi connectivity index (χ2v) is 6.78. The molecule has 0 aliphatic carbocycles. The van der Waals surface area contributed by atoms with Crippen molar-refractivity contribution >= 4 is 40.5 Å². The minimum absolute atomic E-state index is 0.280. The highest BCUT2D eigenvalue weighted by molar-refractivity contribution is 7.10. The number of aromatic nitrogens is 1. The van der Waals surface area contributed by atoms with E-state index in [0.29, 0.717) is 16.5 Å². The minimum Gasteiger partial charge on any atom is -0.478 e. The Morgan fingerprint density at radius 3 is 2.35 bits per heavy atom. The number of aromatic carboxylic acids is 1. The highest BCUT2D eigenvalue weighted by Gasteiger charge is 2.08. The Morgan fingerprint density at radius 2 is 1.74 bits per heavy atom. The number of carboxylic acids is 1. The van der Waals surface area contributed by atoms with Gasteiger partial charge in [0.05, 0.1) is 16.3 Å². The molecule has 0 fully saturated rings. The van der Waals surface area contributed by atoms with Crippen molar-refractivity contribution in [2.75, 3.05) is 0 Å². The molecule has 0 saturated heterocycles. The highest BCUT2D eigenvalue weighted by atomic mass is 35.5. The summed E-state index contributed by atoms with van der Waals surface area (Å²) in [5.74, 6) is -0.925. The van der Waals surface area contributed by atoms with Gasteiger partial charge in [-0.15, -0.1) is 11.3 Å². The van der Waals surface area contributed by atoms with Crippen molar-refractivity contribution < 1.29 is 9.90 Å². The van der Waals surface area contributed by atoms with Gasteiger partial charge in [-0.3, -0.25) is 0 Å². The second-order valence-electron chi connectivity index (χ2n) is 4.96. The van der Waals surface area contributed by atoms with E-state index in [9.17, 15) is 4.79 Å². The van der Waals surface area contributed by atoms with Gasteiger partial charge in [0.15, 0.2) is 0 Å². The van der Waals surface area contributed by atoms with E-state index in [1.165, 1.54) is 0 Å². The lowest BCUT2D eigenvalue weighted by Gasteiger charge is -2.00. The predicted octanol–water partition coefficient (Wildman–Crippen LogP) is 5.41. The first-order chi connectivity index (χ1) is 11.0. The molecule has 6 heteroatoms. The van der Waals surface area contributed by atoms with Crippen LogP contribution in [0.25, 0.3) is 11.3 Å². The second kappa shape index (κ2) is 6.71. The van der Waals surface area contributed by atoms with Crippen LogP contribution in [0.15, 0.2) is 47.8 Å². The fraction of sp³-hybridized carbons (Fsp3) is 0.0588. The maximum absolute atomic E-state index is 10.9. The number of hydrogen-bond donors (Lipinski definition) is 1. The molecule has 1 heterocycles. The lowest BCUT2D eigenvalue weighted by molar-refractivity contribution is 0.0697. The largest absolute Gasteiger partial charge is 0.478 e. The molecule has 0 aliphatic rings. The van der Waals surface area contributed by atoms with Gasteiger partial charge < -0.3 is 5.11 Å². The zero-order chi connectivity index (χ0) is 16.4. The zero-order valence-electron chi connectivity index (χ0n) is 11.8. The molecule has 3 nitrogen and oxygen atoms in total. The number of thiazole rings is 1. The predicted molar refractivity (Wildman–Crippen MR) is 93.8 cm³/mol.